The van der Waals surface area contributed by atoms with Gasteiger partial charge in [0.2, 0.25) is 5.95 Å². The smallest absolute Gasteiger partial charge is 0.316 e. The van der Waals surface area contributed by atoms with Gasteiger partial charge in [-0.05, 0) is 62.7 Å². The SMILES string of the molecule is COc1ccc(-c2nc(N(C)C)ncc2C(=O)CNCC(O)c2cccc(OC(=O)C(C)(C)C)c2)cc1. The predicted molar refractivity (Wildman–Crippen MR) is 142 cm³/mol. The molecular formula is C28H34N4O5. The summed E-state index contributed by atoms with van der Waals surface area (Å²) in [6, 6.07) is 14.0. The molecule has 196 valence electrons. The molecule has 0 radical (unpaired) electrons. The first-order valence-electron chi connectivity index (χ1n) is 11.9. The highest BCUT2D eigenvalue weighted by molar-refractivity contribution is 6.02. The number of benzene rings is 2. The maximum Gasteiger partial charge on any atom is 0.316 e. The van der Waals surface area contributed by atoms with E-state index < -0.39 is 11.5 Å². The van der Waals surface area contributed by atoms with E-state index in [1.54, 1.807) is 57.0 Å². The first-order valence-corrected chi connectivity index (χ1v) is 11.9. The summed E-state index contributed by atoms with van der Waals surface area (Å²) in [6.07, 6.45) is 0.615. The lowest BCUT2D eigenvalue weighted by Gasteiger charge is -2.18. The fraction of sp³-hybridized carbons (Fsp3) is 0.357. The van der Waals surface area contributed by atoms with E-state index in [0.29, 0.717) is 34.3 Å². The Balaban J connectivity index is 1.69. The van der Waals surface area contributed by atoms with Gasteiger partial charge in [0.25, 0.3) is 0 Å². The summed E-state index contributed by atoms with van der Waals surface area (Å²) < 4.78 is 10.6. The van der Waals surface area contributed by atoms with E-state index in [2.05, 4.69) is 15.3 Å². The van der Waals surface area contributed by atoms with Crippen LogP contribution in [0.3, 0.4) is 0 Å². The molecule has 0 saturated heterocycles. The van der Waals surface area contributed by atoms with Gasteiger partial charge in [0, 0.05) is 32.4 Å². The number of aliphatic hydroxyl groups is 1. The molecule has 1 heterocycles. The second kappa shape index (κ2) is 11.9. The van der Waals surface area contributed by atoms with Gasteiger partial charge in [0.05, 0.1) is 36.4 Å². The van der Waals surface area contributed by atoms with Gasteiger partial charge < -0.3 is 24.8 Å². The Morgan fingerprint density at radius 3 is 2.41 bits per heavy atom. The number of nitrogens with zero attached hydrogens (tertiary/aromatic N) is 3. The molecule has 9 nitrogen and oxygen atoms in total. The number of hydrogen-bond donors (Lipinski definition) is 2. The first-order chi connectivity index (χ1) is 17.5. The van der Waals surface area contributed by atoms with E-state index in [1.165, 1.54) is 6.20 Å². The quantitative estimate of drug-likeness (QED) is 0.241. The van der Waals surface area contributed by atoms with Crippen molar-refractivity contribution in [3.8, 4) is 22.8 Å². The molecular weight excluding hydrogens is 472 g/mol. The molecule has 2 aromatic carbocycles. The van der Waals surface area contributed by atoms with Gasteiger partial charge in [0.1, 0.15) is 11.5 Å². The average molecular weight is 507 g/mol. The Hall–Kier alpha value is -3.82. The van der Waals surface area contributed by atoms with Gasteiger partial charge in [-0.1, -0.05) is 12.1 Å². The summed E-state index contributed by atoms with van der Waals surface area (Å²) in [6.45, 7) is 5.41. The van der Waals surface area contributed by atoms with Crippen molar-refractivity contribution < 1.29 is 24.2 Å². The van der Waals surface area contributed by atoms with Crippen molar-refractivity contribution in [2.45, 2.75) is 26.9 Å². The molecule has 0 aliphatic carbocycles. The minimum absolute atomic E-state index is 0.0242. The standard InChI is InChI=1S/C28H34N4O5/c1-28(2,3)26(35)37-21-9-7-8-19(14-21)23(33)16-29-17-24(34)22-15-30-27(32(4)5)31-25(22)18-10-12-20(36-6)13-11-18/h7-15,23,29,33H,16-17H2,1-6H3. The Morgan fingerprint density at radius 1 is 1.08 bits per heavy atom. The van der Waals surface area contributed by atoms with Gasteiger partial charge in [-0.15, -0.1) is 0 Å². The number of ether oxygens (including phenoxy) is 2. The lowest BCUT2D eigenvalue weighted by Crippen LogP contribution is -2.28. The number of carbonyl (C=O) groups excluding carboxylic acids is 2. The molecule has 0 fully saturated rings. The Labute approximate surface area is 217 Å². The monoisotopic (exact) mass is 506 g/mol. The van der Waals surface area contributed by atoms with Gasteiger partial charge in [-0.25, -0.2) is 9.97 Å². The summed E-state index contributed by atoms with van der Waals surface area (Å²) in [5, 5.41) is 13.7. The Kier molecular flexibility index (Phi) is 8.96. The van der Waals surface area contributed by atoms with Crippen LogP contribution in [0.5, 0.6) is 11.5 Å². The number of nitrogens with one attached hydrogen (secondary N) is 1. The summed E-state index contributed by atoms with van der Waals surface area (Å²) in [4.78, 5) is 35.9. The van der Waals surface area contributed by atoms with Crippen LogP contribution in [0.2, 0.25) is 0 Å². The lowest BCUT2D eigenvalue weighted by atomic mass is 9.97. The zero-order valence-electron chi connectivity index (χ0n) is 22.1. The van der Waals surface area contributed by atoms with Crippen molar-refractivity contribution in [2.24, 2.45) is 5.41 Å². The molecule has 0 saturated carbocycles. The van der Waals surface area contributed by atoms with E-state index in [1.807, 2.05) is 38.4 Å². The maximum atomic E-state index is 13.1. The number of rotatable bonds is 10. The molecule has 37 heavy (non-hydrogen) atoms. The topological polar surface area (TPSA) is 114 Å². The fourth-order valence-electron chi connectivity index (χ4n) is 3.34. The third-order valence-electron chi connectivity index (χ3n) is 5.53. The van der Waals surface area contributed by atoms with E-state index >= 15 is 0 Å². The van der Waals surface area contributed by atoms with Crippen LogP contribution in [0, 0.1) is 5.41 Å². The highest BCUT2D eigenvalue weighted by Crippen LogP contribution is 2.26. The number of Topliss-reactive ketones (excluding diaryl/α,β-unsaturated/α-hetero) is 1. The fourth-order valence-corrected chi connectivity index (χ4v) is 3.34. The number of aliphatic hydroxyl groups excluding tert-OH is 1. The van der Waals surface area contributed by atoms with E-state index in [0.717, 1.165) is 5.56 Å². The van der Waals surface area contributed by atoms with Crippen LogP contribution in [-0.4, -0.2) is 61.1 Å². The molecule has 1 unspecified atom stereocenters. The minimum atomic E-state index is -0.908. The van der Waals surface area contributed by atoms with Crippen molar-refractivity contribution >= 4 is 17.7 Å². The summed E-state index contributed by atoms with van der Waals surface area (Å²) in [7, 11) is 5.25. The summed E-state index contributed by atoms with van der Waals surface area (Å²) >= 11 is 0. The first kappa shape index (κ1) is 27.8. The van der Waals surface area contributed by atoms with Crippen LogP contribution in [-0.2, 0) is 4.79 Å². The Bertz CT molecular complexity index is 1240. The highest BCUT2D eigenvalue weighted by Gasteiger charge is 2.24. The molecule has 0 spiro atoms. The average Bonchev–Trinajstić information content (AvgIpc) is 2.87. The Morgan fingerprint density at radius 2 is 1.78 bits per heavy atom. The second-order valence-electron chi connectivity index (χ2n) is 9.84. The van der Waals surface area contributed by atoms with Crippen LogP contribution in [0.15, 0.2) is 54.7 Å². The maximum absolute atomic E-state index is 13.1. The number of carbonyl (C=O) groups is 2. The molecule has 2 N–H and O–H groups in total. The molecule has 0 aliphatic heterocycles. The largest absolute Gasteiger partial charge is 0.497 e. The van der Waals surface area contributed by atoms with E-state index in [4.69, 9.17) is 9.47 Å². The number of esters is 1. The molecule has 0 aliphatic rings. The molecule has 3 rings (SSSR count). The number of methoxy groups -OCH3 is 1. The van der Waals surface area contributed by atoms with Gasteiger partial charge in [-0.3, -0.25) is 9.59 Å². The molecule has 1 aromatic heterocycles. The van der Waals surface area contributed by atoms with Crippen LogP contribution in [0.1, 0.15) is 42.8 Å². The summed E-state index contributed by atoms with van der Waals surface area (Å²) in [5.41, 5.74) is 1.57. The van der Waals surface area contributed by atoms with Crippen LogP contribution in [0.4, 0.5) is 5.95 Å². The van der Waals surface area contributed by atoms with Gasteiger partial charge in [-0.2, -0.15) is 0 Å². The molecule has 1 atom stereocenters. The molecule has 3 aromatic rings. The molecule has 9 heteroatoms. The summed E-state index contributed by atoms with van der Waals surface area (Å²) in [5.74, 6) is 0.966. The lowest BCUT2D eigenvalue weighted by molar-refractivity contribution is -0.143. The molecule has 0 amide bonds. The van der Waals surface area contributed by atoms with Crippen molar-refractivity contribution in [1.82, 2.24) is 15.3 Å². The van der Waals surface area contributed by atoms with E-state index in [-0.39, 0.29) is 24.8 Å². The van der Waals surface area contributed by atoms with Crippen molar-refractivity contribution in [3.05, 3.63) is 65.9 Å². The number of aromatic nitrogens is 2. The van der Waals surface area contributed by atoms with Crippen LogP contribution in [0.25, 0.3) is 11.3 Å². The minimum Gasteiger partial charge on any atom is -0.497 e. The van der Waals surface area contributed by atoms with Crippen molar-refractivity contribution in [1.29, 1.82) is 0 Å². The van der Waals surface area contributed by atoms with E-state index in [9.17, 15) is 14.7 Å². The predicted octanol–water partition coefficient (Wildman–Crippen LogP) is 3.68. The normalized spacial score (nSPS) is 12.1. The number of hydrogen-bond acceptors (Lipinski definition) is 9. The van der Waals surface area contributed by atoms with Gasteiger partial charge >= 0.3 is 5.97 Å². The third-order valence-corrected chi connectivity index (χ3v) is 5.53. The van der Waals surface area contributed by atoms with Crippen molar-refractivity contribution in [2.75, 3.05) is 39.2 Å². The number of anilines is 1. The van der Waals surface area contributed by atoms with Crippen LogP contribution < -0.4 is 19.7 Å². The zero-order chi connectivity index (χ0) is 27.2. The zero-order valence-corrected chi connectivity index (χ0v) is 22.1. The number of ketones is 1. The second-order valence-corrected chi connectivity index (χ2v) is 9.84. The van der Waals surface area contributed by atoms with Crippen LogP contribution >= 0.6 is 0 Å². The third kappa shape index (κ3) is 7.34. The highest BCUT2D eigenvalue weighted by atomic mass is 16.5. The molecule has 0 bridgehead atoms. The van der Waals surface area contributed by atoms with Crippen molar-refractivity contribution in [3.63, 3.8) is 0 Å². The van der Waals surface area contributed by atoms with Gasteiger partial charge in [0.15, 0.2) is 5.78 Å².